The molecule has 0 aliphatic heterocycles. The number of ether oxygens (including phenoxy) is 2. The van der Waals surface area contributed by atoms with Crippen LogP contribution in [0.5, 0.6) is 11.5 Å². The molecule has 208 valence electrons. The Kier molecular flexibility index (Phi) is 8.29. The van der Waals surface area contributed by atoms with Crippen molar-refractivity contribution >= 4 is 33.9 Å². The van der Waals surface area contributed by atoms with Crippen molar-refractivity contribution in [3.05, 3.63) is 93.8 Å². The largest absolute Gasteiger partial charge is 0.490 e. The molecule has 0 aliphatic rings. The third kappa shape index (κ3) is 6.22. The lowest BCUT2D eigenvalue weighted by atomic mass is 10.1. The molecule has 0 radical (unpaired) electrons. The van der Waals surface area contributed by atoms with E-state index in [2.05, 4.69) is 51.7 Å². The molecule has 0 aliphatic carbocycles. The lowest BCUT2D eigenvalue weighted by Gasteiger charge is -2.14. The van der Waals surface area contributed by atoms with E-state index in [1.165, 1.54) is 18.3 Å². The maximum absolute atomic E-state index is 13.3. The molecule has 14 heteroatoms. The zero-order valence-electron chi connectivity index (χ0n) is 21.5. The monoisotopic (exact) mass is 620 g/mol. The summed E-state index contributed by atoms with van der Waals surface area (Å²) in [5, 5.41) is 19.6. The fourth-order valence-corrected chi connectivity index (χ4v) is 4.36. The highest BCUT2D eigenvalue weighted by molar-refractivity contribution is 9.10. The molecule has 0 saturated carbocycles. The molecular weight excluding hydrogens is 599 g/mol. The van der Waals surface area contributed by atoms with Gasteiger partial charge in [-0.3, -0.25) is 4.79 Å². The summed E-state index contributed by atoms with van der Waals surface area (Å²) in [5.41, 5.74) is 10.7. The lowest BCUT2D eigenvalue weighted by molar-refractivity contribution is 0.0947. The van der Waals surface area contributed by atoms with E-state index in [1.807, 2.05) is 13.0 Å². The molecule has 0 spiro atoms. The van der Waals surface area contributed by atoms with Crippen molar-refractivity contribution in [2.24, 2.45) is 5.10 Å². The number of halogens is 2. The number of carbonyl (C=O) groups is 1. The minimum Gasteiger partial charge on any atom is -0.490 e. The van der Waals surface area contributed by atoms with Gasteiger partial charge in [-0.2, -0.15) is 9.78 Å². The predicted octanol–water partition coefficient (Wildman–Crippen LogP) is 4.54. The normalized spacial score (nSPS) is 11.1. The summed E-state index contributed by atoms with van der Waals surface area (Å²) in [6.07, 6.45) is 1.44. The van der Waals surface area contributed by atoms with Crippen molar-refractivity contribution in [2.75, 3.05) is 12.3 Å². The topological polar surface area (TPSA) is 156 Å². The number of hydrazone groups is 1. The van der Waals surface area contributed by atoms with Gasteiger partial charge in [-0.15, -0.1) is 5.10 Å². The predicted molar refractivity (Wildman–Crippen MR) is 150 cm³/mol. The molecule has 0 unspecified atom stereocenters. The summed E-state index contributed by atoms with van der Waals surface area (Å²) in [6.45, 7) is 2.44. The average Bonchev–Trinajstić information content (AvgIpc) is 3.60. The van der Waals surface area contributed by atoms with Gasteiger partial charge >= 0.3 is 0 Å². The van der Waals surface area contributed by atoms with Crippen molar-refractivity contribution in [3.63, 3.8) is 0 Å². The number of rotatable bonds is 10. The Hall–Kier alpha value is -5.11. The number of aromatic nitrogens is 5. The number of nitrogens with one attached hydrogen (secondary N) is 1. The van der Waals surface area contributed by atoms with Crippen LogP contribution in [0, 0.1) is 5.82 Å². The number of anilines is 1. The first-order valence-corrected chi connectivity index (χ1v) is 13.0. The second kappa shape index (κ2) is 12.4. The van der Waals surface area contributed by atoms with Gasteiger partial charge in [0.05, 0.1) is 17.3 Å². The van der Waals surface area contributed by atoms with E-state index in [1.54, 1.807) is 48.5 Å². The maximum atomic E-state index is 13.3. The summed E-state index contributed by atoms with van der Waals surface area (Å²) in [5.74, 6) is -0.0803. The third-order valence-corrected chi connectivity index (χ3v) is 6.23. The maximum Gasteiger partial charge on any atom is 0.292 e. The second-order valence-corrected chi connectivity index (χ2v) is 9.27. The van der Waals surface area contributed by atoms with Gasteiger partial charge in [0.15, 0.2) is 17.2 Å². The highest BCUT2D eigenvalue weighted by atomic mass is 79.9. The first-order chi connectivity index (χ1) is 19.9. The Morgan fingerprint density at radius 3 is 2.63 bits per heavy atom. The van der Waals surface area contributed by atoms with Gasteiger partial charge in [-0.25, -0.2) is 14.4 Å². The zero-order chi connectivity index (χ0) is 28.8. The highest BCUT2D eigenvalue weighted by Crippen LogP contribution is 2.37. The molecule has 0 saturated heterocycles. The Bertz CT molecular complexity index is 1690. The number of hydrogen-bond donors (Lipinski definition) is 2. The third-order valence-electron chi connectivity index (χ3n) is 5.64. The number of nitrogens with two attached hydrogens (primary N) is 1. The fourth-order valence-electron chi connectivity index (χ4n) is 3.78. The zero-order valence-corrected chi connectivity index (χ0v) is 23.1. The van der Waals surface area contributed by atoms with Crippen LogP contribution in [0.25, 0.3) is 17.1 Å². The van der Waals surface area contributed by atoms with Gasteiger partial charge < -0.3 is 15.2 Å². The van der Waals surface area contributed by atoms with Crippen LogP contribution < -0.4 is 20.6 Å². The standard InChI is InChI=1S/C27H22BrFN8O4/c1-2-39-21-13-17(12-20(28)24(21)40-15-16-8-10-19(29)11-9-16)14-31-33-27(38)23-22(18-6-4-3-5-7-18)32-36-37(23)26-25(30)34-41-35-26/h3-14H,2,15H2,1H3,(H2,30,34)(H,33,38)/b31-14-. The summed E-state index contributed by atoms with van der Waals surface area (Å²) >= 11 is 3.51. The fraction of sp³-hybridized carbons (Fsp3) is 0.111. The number of benzene rings is 3. The van der Waals surface area contributed by atoms with Crippen LogP contribution in [-0.4, -0.2) is 44.0 Å². The molecule has 0 fully saturated rings. The molecule has 0 bridgehead atoms. The quantitative estimate of drug-likeness (QED) is 0.169. The van der Waals surface area contributed by atoms with Crippen molar-refractivity contribution < 1.29 is 23.3 Å². The van der Waals surface area contributed by atoms with Gasteiger partial charge in [0.2, 0.25) is 11.6 Å². The van der Waals surface area contributed by atoms with Crippen molar-refractivity contribution in [2.45, 2.75) is 13.5 Å². The van der Waals surface area contributed by atoms with E-state index < -0.39 is 5.91 Å². The molecular formula is C27H22BrFN8O4. The van der Waals surface area contributed by atoms with Gasteiger partial charge in [0.1, 0.15) is 18.1 Å². The molecule has 41 heavy (non-hydrogen) atoms. The van der Waals surface area contributed by atoms with Crippen molar-refractivity contribution in [3.8, 4) is 28.6 Å². The second-order valence-electron chi connectivity index (χ2n) is 8.41. The van der Waals surface area contributed by atoms with E-state index in [-0.39, 0.29) is 35.4 Å². The molecule has 0 atom stereocenters. The molecule has 3 aromatic carbocycles. The molecule has 1 amide bonds. The summed E-state index contributed by atoms with van der Waals surface area (Å²) < 4.78 is 31.3. The minimum absolute atomic E-state index is 0.00956. The van der Waals surface area contributed by atoms with Gasteiger partial charge in [-0.05, 0) is 68.6 Å². The van der Waals surface area contributed by atoms with E-state index in [9.17, 15) is 9.18 Å². The number of carbonyl (C=O) groups excluding carboxylic acids is 1. The van der Waals surface area contributed by atoms with Crippen LogP contribution in [0.15, 0.2) is 80.9 Å². The van der Waals surface area contributed by atoms with E-state index in [4.69, 9.17) is 15.2 Å². The SMILES string of the molecule is CCOc1cc(/C=N\NC(=O)c2c(-c3ccccc3)nnn2-c2nonc2N)cc(Br)c1OCc1ccc(F)cc1. The van der Waals surface area contributed by atoms with Gasteiger partial charge in [0.25, 0.3) is 5.91 Å². The van der Waals surface area contributed by atoms with Gasteiger partial charge in [0, 0.05) is 5.56 Å². The van der Waals surface area contributed by atoms with Crippen LogP contribution in [-0.2, 0) is 6.61 Å². The molecule has 12 nitrogen and oxygen atoms in total. The molecule has 3 N–H and O–H groups in total. The summed E-state index contributed by atoms with van der Waals surface area (Å²) in [6, 6.07) is 18.5. The van der Waals surface area contributed by atoms with Crippen LogP contribution in [0.3, 0.4) is 0 Å². The Morgan fingerprint density at radius 2 is 1.93 bits per heavy atom. The Labute approximate surface area is 241 Å². The molecule has 5 rings (SSSR count). The number of hydrogen-bond acceptors (Lipinski definition) is 10. The molecule has 2 heterocycles. The Morgan fingerprint density at radius 1 is 1.15 bits per heavy atom. The first kappa shape index (κ1) is 27.5. The van der Waals surface area contributed by atoms with Gasteiger partial charge in [-0.1, -0.05) is 47.7 Å². The van der Waals surface area contributed by atoms with E-state index in [0.717, 1.165) is 10.2 Å². The Balaban J connectivity index is 1.38. The molecule has 2 aromatic heterocycles. The van der Waals surface area contributed by atoms with Crippen molar-refractivity contribution in [1.29, 1.82) is 0 Å². The average molecular weight is 621 g/mol. The minimum atomic E-state index is -0.629. The number of nitrogens with zero attached hydrogens (tertiary/aromatic N) is 6. The lowest BCUT2D eigenvalue weighted by Crippen LogP contribution is -2.22. The number of nitrogen functional groups attached to an aromatic ring is 1. The number of amides is 1. The molecule has 5 aromatic rings. The van der Waals surface area contributed by atoms with Crippen LogP contribution >= 0.6 is 15.9 Å². The summed E-state index contributed by atoms with van der Waals surface area (Å²) in [7, 11) is 0. The van der Waals surface area contributed by atoms with Crippen molar-refractivity contribution in [1.82, 2.24) is 30.7 Å². The van der Waals surface area contributed by atoms with E-state index >= 15 is 0 Å². The first-order valence-electron chi connectivity index (χ1n) is 12.2. The highest BCUT2D eigenvalue weighted by Gasteiger charge is 2.26. The smallest absolute Gasteiger partial charge is 0.292 e. The van der Waals surface area contributed by atoms with Crippen LogP contribution in [0.4, 0.5) is 10.2 Å². The van der Waals surface area contributed by atoms with Crippen LogP contribution in [0.2, 0.25) is 0 Å². The summed E-state index contributed by atoms with van der Waals surface area (Å²) in [4.78, 5) is 13.3. The van der Waals surface area contributed by atoms with Crippen LogP contribution in [0.1, 0.15) is 28.5 Å². The van der Waals surface area contributed by atoms with E-state index in [0.29, 0.717) is 33.7 Å².